The average molecular weight is 287 g/mol. The molecule has 0 aromatic heterocycles. The molecule has 0 fully saturated rings. The molecule has 1 aliphatic carbocycles. The summed E-state index contributed by atoms with van der Waals surface area (Å²) < 4.78 is 12.5. The molecule has 1 aromatic rings. The Labute approximate surface area is 122 Å². The van der Waals surface area contributed by atoms with Crippen molar-refractivity contribution >= 4 is 6.21 Å². The second-order valence-electron chi connectivity index (χ2n) is 5.89. The summed E-state index contributed by atoms with van der Waals surface area (Å²) in [6.45, 7) is 0.413. The smallest absolute Gasteiger partial charge is 0.182 e. The summed E-state index contributed by atoms with van der Waals surface area (Å²) >= 11 is 0. The topological polar surface area (TPSA) is 64.8 Å². The normalized spacial score (nSPS) is 32.6. The van der Waals surface area contributed by atoms with Gasteiger partial charge < -0.3 is 19.8 Å². The molecule has 1 spiro atoms. The monoisotopic (exact) mass is 287 g/mol. The van der Waals surface area contributed by atoms with Crippen molar-refractivity contribution in [2.24, 2.45) is 0 Å². The van der Waals surface area contributed by atoms with Crippen LogP contribution >= 0.6 is 0 Å². The van der Waals surface area contributed by atoms with Gasteiger partial charge >= 0.3 is 0 Å². The number of hydroxylamine groups is 1. The molecule has 1 N–H and O–H groups in total. The molecule has 3 atom stereocenters. The lowest BCUT2D eigenvalue weighted by Crippen LogP contribution is -2.42. The molecule has 2 heterocycles. The maximum Gasteiger partial charge on any atom is 0.182 e. The number of aliphatic hydroxyl groups is 1. The van der Waals surface area contributed by atoms with E-state index < -0.39 is 6.10 Å². The highest BCUT2D eigenvalue weighted by Gasteiger charge is 2.53. The van der Waals surface area contributed by atoms with E-state index >= 15 is 0 Å². The van der Waals surface area contributed by atoms with Crippen LogP contribution in [0.25, 0.3) is 0 Å². The van der Waals surface area contributed by atoms with E-state index in [-0.39, 0.29) is 11.5 Å². The third-order valence-electron chi connectivity index (χ3n) is 4.77. The summed E-state index contributed by atoms with van der Waals surface area (Å²) in [5.41, 5.74) is 1.56. The molecule has 0 saturated heterocycles. The Morgan fingerprint density at radius 1 is 1.48 bits per heavy atom. The minimum Gasteiger partial charge on any atom is -0.624 e. The van der Waals surface area contributed by atoms with Gasteiger partial charge in [0.2, 0.25) is 0 Å². The lowest BCUT2D eigenvalue weighted by Gasteiger charge is -2.34. The summed E-state index contributed by atoms with van der Waals surface area (Å²) in [5, 5.41) is 21.8. The van der Waals surface area contributed by atoms with E-state index in [9.17, 15) is 10.3 Å². The molecule has 4 rings (SSSR count). The summed E-state index contributed by atoms with van der Waals surface area (Å²) in [5.74, 6) is 1.39. The average Bonchev–Trinajstić information content (AvgIpc) is 2.72. The van der Waals surface area contributed by atoms with Crippen molar-refractivity contribution in [1.29, 1.82) is 0 Å². The number of methoxy groups -OCH3 is 1. The van der Waals surface area contributed by atoms with Crippen molar-refractivity contribution in [2.45, 2.75) is 30.5 Å². The number of ether oxygens (including phenoxy) is 2. The molecule has 2 unspecified atom stereocenters. The van der Waals surface area contributed by atoms with E-state index in [1.807, 2.05) is 24.3 Å². The molecule has 5 heteroatoms. The van der Waals surface area contributed by atoms with Gasteiger partial charge in [-0.1, -0.05) is 12.2 Å². The van der Waals surface area contributed by atoms with Crippen LogP contribution in [-0.4, -0.2) is 41.9 Å². The van der Waals surface area contributed by atoms with Gasteiger partial charge in [-0.2, -0.15) is 0 Å². The summed E-state index contributed by atoms with van der Waals surface area (Å²) in [4.78, 5) is 0. The Balaban J connectivity index is 1.99. The fourth-order valence-electron chi connectivity index (χ4n) is 3.77. The van der Waals surface area contributed by atoms with E-state index in [2.05, 4.69) is 0 Å². The number of aliphatic hydroxyl groups excluding tert-OH is 1. The fraction of sp³-hybridized carbons (Fsp3) is 0.438. The fourth-order valence-corrected chi connectivity index (χ4v) is 3.77. The number of hydrogen-bond acceptors (Lipinski definition) is 4. The Morgan fingerprint density at radius 2 is 2.33 bits per heavy atom. The maximum absolute atomic E-state index is 11.9. The van der Waals surface area contributed by atoms with Crippen LogP contribution in [0.4, 0.5) is 0 Å². The first-order valence-corrected chi connectivity index (χ1v) is 7.18. The van der Waals surface area contributed by atoms with E-state index in [0.29, 0.717) is 30.9 Å². The van der Waals surface area contributed by atoms with Gasteiger partial charge in [-0.05, 0) is 12.1 Å². The lowest BCUT2D eigenvalue weighted by atomic mass is 9.69. The molecular weight excluding hydrogens is 270 g/mol. The highest BCUT2D eigenvalue weighted by molar-refractivity contribution is 5.83. The van der Waals surface area contributed by atoms with Crippen molar-refractivity contribution in [1.82, 2.24) is 0 Å². The van der Waals surface area contributed by atoms with Crippen molar-refractivity contribution < 1.29 is 19.3 Å². The Bertz CT molecular complexity index is 666. The zero-order valence-corrected chi connectivity index (χ0v) is 11.8. The summed E-state index contributed by atoms with van der Waals surface area (Å²) in [6.07, 6.45) is 6.02. The van der Waals surface area contributed by atoms with Crippen LogP contribution in [0, 0.1) is 5.21 Å². The Morgan fingerprint density at radius 3 is 3.14 bits per heavy atom. The first-order valence-electron chi connectivity index (χ1n) is 7.18. The van der Waals surface area contributed by atoms with Crippen LogP contribution < -0.4 is 9.47 Å². The molecule has 5 nitrogen and oxygen atoms in total. The van der Waals surface area contributed by atoms with Gasteiger partial charge in [0, 0.05) is 24.0 Å². The molecular formula is C16H17NO4. The third-order valence-corrected chi connectivity index (χ3v) is 4.77. The van der Waals surface area contributed by atoms with Crippen LogP contribution in [0.3, 0.4) is 0 Å². The van der Waals surface area contributed by atoms with Crippen LogP contribution in [0.5, 0.6) is 11.5 Å². The van der Waals surface area contributed by atoms with E-state index in [4.69, 9.17) is 9.47 Å². The molecule has 0 amide bonds. The van der Waals surface area contributed by atoms with Crippen LogP contribution in [0.15, 0.2) is 24.3 Å². The Kier molecular flexibility index (Phi) is 2.57. The van der Waals surface area contributed by atoms with Crippen LogP contribution in [0.1, 0.15) is 24.0 Å². The van der Waals surface area contributed by atoms with Gasteiger partial charge in [-0.3, -0.25) is 0 Å². The molecule has 2 aliphatic heterocycles. The molecule has 1 aromatic carbocycles. The largest absolute Gasteiger partial charge is 0.624 e. The standard InChI is InChI=1S/C16H17NO4/c1-20-12-3-2-10-9-17(19)7-6-16-5-4-11(18)8-13(16)21-15(12)14(10)16/h2-5,9,11,13,18H,6-8H2,1H3/t11?,13-,16?/m1/s1. The highest BCUT2D eigenvalue weighted by atomic mass is 16.5. The third kappa shape index (κ3) is 1.64. The van der Waals surface area contributed by atoms with Gasteiger partial charge in [-0.25, -0.2) is 4.74 Å². The highest BCUT2D eigenvalue weighted by Crippen LogP contribution is 2.54. The van der Waals surface area contributed by atoms with Crippen molar-refractivity contribution in [3.05, 3.63) is 40.6 Å². The molecule has 21 heavy (non-hydrogen) atoms. The summed E-state index contributed by atoms with van der Waals surface area (Å²) in [7, 11) is 1.61. The maximum atomic E-state index is 11.9. The lowest BCUT2D eigenvalue weighted by molar-refractivity contribution is -0.453. The molecule has 0 radical (unpaired) electrons. The van der Waals surface area contributed by atoms with Crippen molar-refractivity contribution in [3.8, 4) is 11.5 Å². The van der Waals surface area contributed by atoms with Gasteiger partial charge in [0.25, 0.3) is 0 Å². The molecule has 0 bridgehead atoms. The number of nitrogens with zero attached hydrogens (tertiary/aromatic N) is 1. The Hall–Kier alpha value is -2.01. The van der Waals surface area contributed by atoms with Gasteiger partial charge in [0.05, 0.1) is 18.6 Å². The molecule has 110 valence electrons. The summed E-state index contributed by atoms with van der Waals surface area (Å²) in [6, 6.07) is 3.73. The van der Waals surface area contributed by atoms with E-state index in [0.717, 1.165) is 15.9 Å². The number of benzene rings is 1. The molecule has 3 aliphatic rings. The second-order valence-corrected chi connectivity index (χ2v) is 5.89. The van der Waals surface area contributed by atoms with E-state index in [1.54, 1.807) is 13.3 Å². The van der Waals surface area contributed by atoms with Crippen LogP contribution in [-0.2, 0) is 5.41 Å². The minimum absolute atomic E-state index is 0.151. The first-order chi connectivity index (χ1) is 10.1. The predicted octanol–water partition coefficient (Wildman–Crippen LogP) is 1.35. The minimum atomic E-state index is -0.500. The van der Waals surface area contributed by atoms with E-state index in [1.165, 1.54) is 0 Å². The zero-order valence-electron chi connectivity index (χ0n) is 11.8. The van der Waals surface area contributed by atoms with Crippen molar-refractivity contribution in [2.75, 3.05) is 13.7 Å². The van der Waals surface area contributed by atoms with Gasteiger partial charge in [0.1, 0.15) is 6.10 Å². The quantitative estimate of drug-likeness (QED) is 0.481. The van der Waals surface area contributed by atoms with Gasteiger partial charge in [-0.15, -0.1) is 0 Å². The number of hydrogen-bond donors (Lipinski definition) is 1. The SMILES string of the molecule is COc1ccc2c3c1O[C@@H]1CC(O)C=CC31CC[N+]([O-])=C2. The predicted molar refractivity (Wildman–Crippen MR) is 77.1 cm³/mol. The molecule has 0 saturated carbocycles. The first kappa shape index (κ1) is 12.7. The van der Waals surface area contributed by atoms with Crippen LogP contribution in [0.2, 0.25) is 0 Å². The number of rotatable bonds is 1. The van der Waals surface area contributed by atoms with Gasteiger partial charge in [0.15, 0.2) is 24.3 Å². The zero-order chi connectivity index (χ0) is 14.6. The van der Waals surface area contributed by atoms with Crippen molar-refractivity contribution in [3.63, 3.8) is 0 Å². The second kappa shape index (κ2) is 4.24.